The molecule has 1 fully saturated rings. The number of rotatable bonds is 6. The predicted molar refractivity (Wildman–Crippen MR) is 86.4 cm³/mol. The van der Waals surface area contributed by atoms with Crippen molar-refractivity contribution in [3.63, 3.8) is 0 Å². The molecule has 0 spiro atoms. The van der Waals surface area contributed by atoms with Crippen molar-refractivity contribution in [3.8, 4) is 0 Å². The van der Waals surface area contributed by atoms with E-state index in [4.69, 9.17) is 5.11 Å². The van der Waals surface area contributed by atoms with E-state index >= 15 is 0 Å². The summed E-state index contributed by atoms with van der Waals surface area (Å²) >= 11 is 0. The number of likely N-dealkylation sites (tertiary alicyclic amines) is 1. The first-order valence-electron chi connectivity index (χ1n) is 8.33. The van der Waals surface area contributed by atoms with Gasteiger partial charge in [-0.25, -0.2) is 4.79 Å². The van der Waals surface area contributed by atoms with E-state index in [1.165, 1.54) is 25.7 Å². The molecule has 0 saturated carbocycles. The van der Waals surface area contributed by atoms with E-state index in [2.05, 4.69) is 24.1 Å². The van der Waals surface area contributed by atoms with Crippen LogP contribution in [0.1, 0.15) is 46.5 Å². The number of hydrogen-bond acceptors (Lipinski definition) is 3. The van der Waals surface area contributed by atoms with Crippen LogP contribution in [0.5, 0.6) is 0 Å². The van der Waals surface area contributed by atoms with Gasteiger partial charge in [0.2, 0.25) is 0 Å². The Bertz CT molecular complexity index is 302. The first-order chi connectivity index (χ1) is 9.97. The first kappa shape index (κ1) is 18.2. The fourth-order valence-electron chi connectivity index (χ4n) is 2.85. The van der Waals surface area contributed by atoms with Crippen LogP contribution in [0, 0.1) is 5.92 Å². The highest BCUT2D eigenvalue weighted by Gasteiger charge is 2.24. The van der Waals surface area contributed by atoms with Crippen LogP contribution in [0.3, 0.4) is 0 Å². The maximum atomic E-state index is 12.1. The highest BCUT2D eigenvalue weighted by molar-refractivity contribution is 5.74. The summed E-state index contributed by atoms with van der Waals surface area (Å²) in [6, 6.07) is 0.141. The van der Waals surface area contributed by atoms with Gasteiger partial charge in [0, 0.05) is 19.6 Å². The van der Waals surface area contributed by atoms with Crippen molar-refractivity contribution in [1.82, 2.24) is 15.1 Å². The fourth-order valence-corrected chi connectivity index (χ4v) is 2.85. The average molecular weight is 299 g/mol. The second-order valence-corrected chi connectivity index (χ2v) is 6.59. The summed E-state index contributed by atoms with van der Waals surface area (Å²) in [7, 11) is 1.73. The standard InChI is InChI=1S/C16H33N3O2/c1-13(2)15(19-9-7-5-6-8-10-19)11-17-16(21)18(4)14(3)12-20/h13-15,20H,5-12H2,1-4H3,(H,17,21)/t14-,15?/m0/s1. The third-order valence-electron chi connectivity index (χ3n) is 4.59. The lowest BCUT2D eigenvalue weighted by Gasteiger charge is -2.34. The minimum Gasteiger partial charge on any atom is -0.394 e. The molecule has 1 aliphatic rings. The predicted octanol–water partition coefficient (Wildman–Crippen LogP) is 1.91. The van der Waals surface area contributed by atoms with Gasteiger partial charge in [0.15, 0.2) is 0 Å². The molecule has 0 aromatic heterocycles. The number of carbonyl (C=O) groups is 1. The number of carbonyl (C=O) groups excluding carboxylic acids is 1. The van der Waals surface area contributed by atoms with E-state index < -0.39 is 0 Å². The van der Waals surface area contributed by atoms with E-state index in [9.17, 15) is 4.79 Å². The van der Waals surface area contributed by atoms with E-state index in [0.29, 0.717) is 18.5 Å². The Balaban J connectivity index is 2.52. The molecule has 1 unspecified atom stereocenters. The van der Waals surface area contributed by atoms with E-state index in [1.54, 1.807) is 11.9 Å². The van der Waals surface area contributed by atoms with E-state index in [0.717, 1.165) is 13.1 Å². The van der Waals surface area contributed by atoms with Gasteiger partial charge in [0.05, 0.1) is 12.6 Å². The SMILES string of the molecule is CC(C)C(CNC(=O)N(C)[C@@H](C)CO)N1CCCCCC1. The fraction of sp³-hybridized carbons (Fsp3) is 0.938. The Kier molecular flexibility index (Phi) is 8.04. The summed E-state index contributed by atoms with van der Waals surface area (Å²) in [6.07, 6.45) is 5.17. The van der Waals surface area contributed by atoms with Gasteiger partial charge in [-0.05, 0) is 38.8 Å². The molecule has 2 N–H and O–H groups in total. The number of urea groups is 1. The third kappa shape index (κ3) is 5.83. The lowest BCUT2D eigenvalue weighted by Crippen LogP contribution is -2.51. The van der Waals surface area contributed by atoms with Crippen LogP contribution in [0.2, 0.25) is 0 Å². The van der Waals surface area contributed by atoms with Gasteiger partial charge >= 0.3 is 6.03 Å². The first-order valence-corrected chi connectivity index (χ1v) is 8.33. The minimum atomic E-state index is -0.152. The zero-order valence-corrected chi connectivity index (χ0v) is 14.1. The van der Waals surface area contributed by atoms with Gasteiger partial charge in [-0.1, -0.05) is 26.7 Å². The van der Waals surface area contributed by atoms with Crippen LogP contribution >= 0.6 is 0 Å². The molecule has 1 saturated heterocycles. The van der Waals surface area contributed by atoms with Crippen LogP contribution in [0.15, 0.2) is 0 Å². The quantitative estimate of drug-likeness (QED) is 0.788. The molecule has 5 nitrogen and oxygen atoms in total. The molecular formula is C16H33N3O2. The van der Waals surface area contributed by atoms with Gasteiger partial charge in [-0.15, -0.1) is 0 Å². The number of nitrogens with one attached hydrogen (secondary N) is 1. The minimum absolute atomic E-state index is 0.0103. The lowest BCUT2D eigenvalue weighted by molar-refractivity contribution is 0.139. The highest BCUT2D eigenvalue weighted by atomic mass is 16.3. The Morgan fingerprint density at radius 2 is 1.76 bits per heavy atom. The number of nitrogens with zero attached hydrogens (tertiary/aromatic N) is 2. The van der Waals surface area contributed by atoms with Crippen molar-refractivity contribution >= 4 is 6.03 Å². The Labute approximate surface area is 129 Å². The van der Waals surface area contributed by atoms with Crippen molar-refractivity contribution in [2.75, 3.05) is 33.3 Å². The van der Waals surface area contributed by atoms with Gasteiger partial charge in [0.1, 0.15) is 0 Å². The molecule has 124 valence electrons. The average Bonchev–Trinajstić information content (AvgIpc) is 2.74. The second kappa shape index (κ2) is 9.26. The summed E-state index contributed by atoms with van der Waals surface area (Å²) in [5.41, 5.74) is 0. The Morgan fingerprint density at radius 3 is 2.24 bits per heavy atom. The molecule has 1 aliphatic heterocycles. The second-order valence-electron chi connectivity index (χ2n) is 6.59. The van der Waals surface area contributed by atoms with Gasteiger partial charge in [-0.3, -0.25) is 4.90 Å². The number of likely N-dealkylation sites (N-methyl/N-ethyl adjacent to an activating group) is 1. The summed E-state index contributed by atoms with van der Waals surface area (Å²) in [4.78, 5) is 16.2. The van der Waals surface area contributed by atoms with E-state index in [1.807, 2.05) is 6.92 Å². The van der Waals surface area contributed by atoms with Crippen molar-refractivity contribution < 1.29 is 9.90 Å². The molecule has 0 radical (unpaired) electrons. The molecule has 2 amide bonds. The van der Waals surface area contributed by atoms with Crippen LogP contribution in [-0.4, -0.2) is 66.3 Å². The molecule has 21 heavy (non-hydrogen) atoms. The topological polar surface area (TPSA) is 55.8 Å². The summed E-state index contributed by atoms with van der Waals surface area (Å²) in [6.45, 7) is 9.24. The summed E-state index contributed by atoms with van der Waals surface area (Å²) in [5.74, 6) is 0.518. The molecule has 2 atom stereocenters. The van der Waals surface area contributed by atoms with Gasteiger partial charge < -0.3 is 15.3 Å². The normalized spacial score (nSPS) is 19.9. The number of aliphatic hydroxyl groups is 1. The van der Waals surface area contributed by atoms with Crippen LogP contribution in [0.25, 0.3) is 0 Å². The van der Waals surface area contributed by atoms with Crippen LogP contribution < -0.4 is 5.32 Å². The monoisotopic (exact) mass is 299 g/mol. The molecule has 0 aromatic rings. The molecule has 0 aromatic carbocycles. The molecule has 0 aliphatic carbocycles. The molecule has 1 heterocycles. The van der Waals surface area contributed by atoms with Crippen LogP contribution in [0.4, 0.5) is 4.79 Å². The zero-order chi connectivity index (χ0) is 15.8. The van der Waals surface area contributed by atoms with Gasteiger partial charge in [-0.2, -0.15) is 0 Å². The van der Waals surface area contributed by atoms with Crippen molar-refractivity contribution in [1.29, 1.82) is 0 Å². The molecule has 5 heteroatoms. The van der Waals surface area contributed by atoms with Gasteiger partial charge in [0.25, 0.3) is 0 Å². The van der Waals surface area contributed by atoms with Crippen molar-refractivity contribution in [3.05, 3.63) is 0 Å². The third-order valence-corrected chi connectivity index (χ3v) is 4.59. The number of aliphatic hydroxyl groups excluding tert-OH is 1. The number of hydrogen-bond donors (Lipinski definition) is 2. The Morgan fingerprint density at radius 1 is 1.19 bits per heavy atom. The maximum Gasteiger partial charge on any atom is 0.317 e. The maximum absolute atomic E-state index is 12.1. The largest absolute Gasteiger partial charge is 0.394 e. The lowest BCUT2D eigenvalue weighted by atomic mass is 10.0. The van der Waals surface area contributed by atoms with Crippen molar-refractivity contribution in [2.24, 2.45) is 5.92 Å². The molecule has 1 rings (SSSR count). The Hall–Kier alpha value is -0.810. The van der Waals surface area contributed by atoms with Crippen LogP contribution in [-0.2, 0) is 0 Å². The highest BCUT2D eigenvalue weighted by Crippen LogP contribution is 2.17. The van der Waals surface area contributed by atoms with Crippen molar-refractivity contribution in [2.45, 2.75) is 58.5 Å². The van der Waals surface area contributed by atoms with E-state index in [-0.39, 0.29) is 18.7 Å². The zero-order valence-electron chi connectivity index (χ0n) is 14.1. The molecular weight excluding hydrogens is 266 g/mol. The summed E-state index contributed by atoms with van der Waals surface area (Å²) in [5, 5.41) is 12.2. The smallest absolute Gasteiger partial charge is 0.317 e. The molecule has 0 bridgehead atoms. The summed E-state index contributed by atoms with van der Waals surface area (Å²) < 4.78 is 0. The number of amides is 2.